The van der Waals surface area contributed by atoms with Gasteiger partial charge < -0.3 is 9.84 Å². The average Bonchev–Trinajstić information content (AvgIpc) is 2.42. The molecule has 1 atom stereocenters. The van der Waals surface area contributed by atoms with Gasteiger partial charge in [0.2, 0.25) is 5.88 Å². The Balaban J connectivity index is 2.17. The van der Waals surface area contributed by atoms with Crippen LogP contribution in [0.4, 0.5) is 4.39 Å². The van der Waals surface area contributed by atoms with Gasteiger partial charge in [0.1, 0.15) is 11.9 Å². The summed E-state index contributed by atoms with van der Waals surface area (Å²) in [5, 5.41) is 10.4. The Morgan fingerprint density at radius 3 is 2.84 bits per heavy atom. The molecule has 2 aromatic rings. The van der Waals surface area contributed by atoms with Crippen molar-refractivity contribution in [2.24, 2.45) is 0 Å². The SMILES string of the molecule is COc1cccc(C(O)Cc2ccc(Cl)cc2F)n1. The van der Waals surface area contributed by atoms with Crippen LogP contribution >= 0.6 is 11.6 Å². The second kappa shape index (κ2) is 5.99. The van der Waals surface area contributed by atoms with Crippen LogP contribution in [0, 0.1) is 5.82 Å². The van der Waals surface area contributed by atoms with E-state index in [0.717, 1.165) is 0 Å². The molecular formula is C14H13ClFNO2. The van der Waals surface area contributed by atoms with E-state index in [-0.39, 0.29) is 6.42 Å². The highest BCUT2D eigenvalue weighted by molar-refractivity contribution is 6.30. The third-order valence-corrected chi connectivity index (χ3v) is 2.96. The number of halogens is 2. The van der Waals surface area contributed by atoms with E-state index in [1.807, 2.05) is 0 Å². The van der Waals surface area contributed by atoms with Crippen molar-refractivity contribution >= 4 is 11.6 Å². The lowest BCUT2D eigenvalue weighted by molar-refractivity contribution is 0.171. The van der Waals surface area contributed by atoms with Crippen molar-refractivity contribution in [3.63, 3.8) is 0 Å². The predicted molar refractivity (Wildman–Crippen MR) is 70.9 cm³/mol. The van der Waals surface area contributed by atoms with E-state index in [4.69, 9.17) is 16.3 Å². The highest BCUT2D eigenvalue weighted by Gasteiger charge is 2.13. The Bertz CT molecular complexity index is 577. The lowest BCUT2D eigenvalue weighted by atomic mass is 10.0. The average molecular weight is 282 g/mol. The van der Waals surface area contributed by atoms with Gasteiger partial charge in [-0.05, 0) is 23.8 Å². The maximum atomic E-state index is 13.6. The Kier molecular flexibility index (Phi) is 4.35. The Morgan fingerprint density at radius 1 is 1.37 bits per heavy atom. The second-order valence-electron chi connectivity index (χ2n) is 4.06. The van der Waals surface area contributed by atoms with Crippen LogP contribution in [0.25, 0.3) is 0 Å². The number of aliphatic hydroxyl groups excluding tert-OH is 1. The van der Waals surface area contributed by atoms with Gasteiger partial charge in [0.15, 0.2) is 0 Å². The van der Waals surface area contributed by atoms with Crippen LogP contribution < -0.4 is 4.74 Å². The number of methoxy groups -OCH3 is 1. The maximum Gasteiger partial charge on any atom is 0.213 e. The van der Waals surface area contributed by atoms with Crippen molar-refractivity contribution in [1.29, 1.82) is 0 Å². The summed E-state index contributed by atoms with van der Waals surface area (Å²) in [5.74, 6) is -0.0254. The van der Waals surface area contributed by atoms with Gasteiger partial charge >= 0.3 is 0 Å². The topological polar surface area (TPSA) is 42.4 Å². The second-order valence-corrected chi connectivity index (χ2v) is 4.50. The van der Waals surface area contributed by atoms with Crippen LogP contribution in [0.15, 0.2) is 36.4 Å². The van der Waals surface area contributed by atoms with Crippen LogP contribution in [-0.2, 0) is 6.42 Å². The first kappa shape index (κ1) is 13.8. The third kappa shape index (κ3) is 3.43. The molecule has 0 radical (unpaired) electrons. The number of aromatic nitrogens is 1. The number of nitrogens with zero attached hydrogens (tertiary/aromatic N) is 1. The summed E-state index contributed by atoms with van der Waals surface area (Å²) in [6.45, 7) is 0. The van der Waals surface area contributed by atoms with Crippen LogP contribution in [0.2, 0.25) is 5.02 Å². The van der Waals surface area contributed by atoms with Gasteiger partial charge in [-0.1, -0.05) is 23.7 Å². The number of hydrogen-bond donors (Lipinski definition) is 1. The summed E-state index contributed by atoms with van der Waals surface area (Å²) in [6.07, 6.45) is -0.769. The monoisotopic (exact) mass is 281 g/mol. The minimum absolute atomic E-state index is 0.128. The van der Waals surface area contributed by atoms with Gasteiger partial charge in [-0.15, -0.1) is 0 Å². The van der Waals surface area contributed by atoms with Gasteiger partial charge in [0.25, 0.3) is 0 Å². The van der Waals surface area contributed by atoms with Crippen LogP contribution in [-0.4, -0.2) is 17.2 Å². The predicted octanol–water partition coefficient (Wildman–Crippen LogP) is 3.16. The van der Waals surface area contributed by atoms with Gasteiger partial charge in [-0.3, -0.25) is 0 Å². The summed E-state index contributed by atoms with van der Waals surface area (Å²) < 4.78 is 18.6. The molecule has 0 bridgehead atoms. The fraction of sp³-hybridized carbons (Fsp3) is 0.214. The molecule has 3 nitrogen and oxygen atoms in total. The first-order chi connectivity index (χ1) is 9.10. The summed E-state index contributed by atoms with van der Waals surface area (Å²) in [4.78, 5) is 4.11. The first-order valence-corrected chi connectivity index (χ1v) is 6.11. The van der Waals surface area contributed by atoms with Gasteiger partial charge in [-0.2, -0.15) is 0 Å². The zero-order valence-electron chi connectivity index (χ0n) is 10.3. The van der Waals surface area contributed by atoms with E-state index in [1.54, 1.807) is 30.3 Å². The highest BCUT2D eigenvalue weighted by atomic mass is 35.5. The fourth-order valence-corrected chi connectivity index (χ4v) is 1.89. The number of pyridine rings is 1. The zero-order chi connectivity index (χ0) is 13.8. The molecule has 0 saturated heterocycles. The lowest BCUT2D eigenvalue weighted by Gasteiger charge is -2.11. The quantitative estimate of drug-likeness (QED) is 0.936. The molecular weight excluding hydrogens is 269 g/mol. The number of rotatable bonds is 4. The van der Waals surface area contributed by atoms with E-state index in [1.165, 1.54) is 13.2 Å². The van der Waals surface area contributed by atoms with Crippen molar-refractivity contribution < 1.29 is 14.2 Å². The van der Waals surface area contributed by atoms with Gasteiger partial charge in [-0.25, -0.2) is 9.37 Å². The van der Waals surface area contributed by atoms with Crippen LogP contribution in [0.3, 0.4) is 0 Å². The molecule has 5 heteroatoms. The summed E-state index contributed by atoms with van der Waals surface area (Å²) in [6, 6.07) is 9.44. The smallest absolute Gasteiger partial charge is 0.213 e. The molecule has 0 aliphatic rings. The largest absolute Gasteiger partial charge is 0.481 e. The third-order valence-electron chi connectivity index (χ3n) is 2.72. The van der Waals surface area contributed by atoms with Gasteiger partial charge in [0, 0.05) is 17.5 Å². The Morgan fingerprint density at radius 2 is 2.16 bits per heavy atom. The van der Waals surface area contributed by atoms with Crippen molar-refractivity contribution in [3.05, 3.63) is 58.5 Å². The Labute approximate surface area is 115 Å². The molecule has 1 unspecified atom stereocenters. The fourth-order valence-electron chi connectivity index (χ4n) is 1.73. The standard InChI is InChI=1S/C14H13ClFNO2/c1-19-14-4-2-3-12(17-14)13(18)7-9-5-6-10(15)8-11(9)16/h2-6,8,13,18H,7H2,1H3. The van der Waals surface area contributed by atoms with Crippen molar-refractivity contribution in [3.8, 4) is 5.88 Å². The number of benzene rings is 1. The molecule has 1 N–H and O–H groups in total. The van der Waals surface area contributed by atoms with Crippen molar-refractivity contribution in [2.45, 2.75) is 12.5 Å². The summed E-state index contributed by atoms with van der Waals surface area (Å²) >= 11 is 5.68. The lowest BCUT2D eigenvalue weighted by Crippen LogP contribution is -2.06. The Hall–Kier alpha value is -1.65. The van der Waals surface area contributed by atoms with Crippen LogP contribution in [0.5, 0.6) is 5.88 Å². The van der Waals surface area contributed by atoms with E-state index < -0.39 is 11.9 Å². The molecule has 2 rings (SSSR count). The molecule has 1 heterocycles. The molecule has 0 aliphatic carbocycles. The molecule has 0 spiro atoms. The van der Waals surface area contributed by atoms with E-state index in [0.29, 0.717) is 22.2 Å². The minimum atomic E-state index is -0.897. The number of aliphatic hydroxyl groups is 1. The highest BCUT2D eigenvalue weighted by Crippen LogP contribution is 2.22. The summed E-state index contributed by atoms with van der Waals surface area (Å²) in [7, 11) is 1.50. The molecule has 1 aromatic heterocycles. The minimum Gasteiger partial charge on any atom is -0.481 e. The summed E-state index contributed by atoms with van der Waals surface area (Å²) in [5.41, 5.74) is 0.829. The molecule has 0 fully saturated rings. The number of ether oxygens (including phenoxy) is 1. The molecule has 1 aromatic carbocycles. The first-order valence-electron chi connectivity index (χ1n) is 5.73. The molecule has 19 heavy (non-hydrogen) atoms. The zero-order valence-corrected chi connectivity index (χ0v) is 11.1. The molecule has 0 amide bonds. The molecule has 100 valence electrons. The van der Waals surface area contributed by atoms with Crippen molar-refractivity contribution in [2.75, 3.05) is 7.11 Å². The van der Waals surface area contributed by atoms with E-state index in [9.17, 15) is 9.50 Å². The van der Waals surface area contributed by atoms with E-state index >= 15 is 0 Å². The normalized spacial score (nSPS) is 12.2. The van der Waals surface area contributed by atoms with Crippen molar-refractivity contribution in [1.82, 2.24) is 4.98 Å². The molecule has 0 saturated carbocycles. The number of hydrogen-bond acceptors (Lipinski definition) is 3. The van der Waals surface area contributed by atoms with Gasteiger partial charge in [0.05, 0.1) is 12.8 Å². The van der Waals surface area contributed by atoms with Crippen LogP contribution in [0.1, 0.15) is 17.4 Å². The maximum absolute atomic E-state index is 13.6. The van der Waals surface area contributed by atoms with E-state index in [2.05, 4.69) is 4.98 Å². The molecule has 0 aliphatic heterocycles.